The van der Waals surface area contributed by atoms with Gasteiger partial charge in [0.2, 0.25) is 0 Å². The molecule has 7 heteroatoms. The van der Waals surface area contributed by atoms with Crippen molar-refractivity contribution in [3.63, 3.8) is 0 Å². The number of halogens is 1. The van der Waals surface area contributed by atoms with Crippen molar-refractivity contribution in [1.29, 1.82) is 0 Å². The van der Waals surface area contributed by atoms with Crippen molar-refractivity contribution >= 4 is 65.1 Å². The second-order valence-corrected chi connectivity index (χ2v) is 7.72. The highest BCUT2D eigenvalue weighted by Gasteiger charge is 2.34. The predicted molar refractivity (Wildman–Crippen MR) is 88.5 cm³/mol. The van der Waals surface area contributed by atoms with Gasteiger partial charge < -0.3 is 5.11 Å². The minimum absolute atomic E-state index is 0.108. The molecule has 0 radical (unpaired) electrons. The van der Waals surface area contributed by atoms with E-state index >= 15 is 0 Å². The maximum Gasteiger partial charge on any atom is 0.266 e. The molecule has 100 valence electrons. The molecule has 0 saturated carbocycles. The van der Waals surface area contributed by atoms with Gasteiger partial charge in [0.15, 0.2) is 4.32 Å². The lowest BCUT2D eigenvalue weighted by atomic mass is 10.2. The number of amides is 1. The van der Waals surface area contributed by atoms with Crippen LogP contribution in [0.25, 0.3) is 6.08 Å². The highest BCUT2D eigenvalue weighted by atomic mass is 79.9. The molecule has 3 nitrogen and oxygen atoms in total. The normalized spacial score (nSPS) is 21.5. The van der Waals surface area contributed by atoms with E-state index in [1.807, 2.05) is 6.92 Å². The Hall–Kier alpha value is -0.630. The van der Waals surface area contributed by atoms with Gasteiger partial charge in [-0.1, -0.05) is 28.1 Å². The van der Waals surface area contributed by atoms with Crippen LogP contribution in [0.2, 0.25) is 0 Å². The molecule has 0 spiro atoms. The molecule has 1 N–H and O–H groups in total. The second kappa shape index (κ2) is 5.78. The number of phenolic OH excluding ortho intramolecular Hbond substituents is 1. The first-order valence-corrected chi connectivity index (χ1v) is 8.78. The molecule has 1 heterocycles. The van der Waals surface area contributed by atoms with Gasteiger partial charge in [0, 0.05) is 16.6 Å². The summed E-state index contributed by atoms with van der Waals surface area (Å²) in [5.74, 6) is -0.0541. The molecule has 0 aliphatic carbocycles. The number of rotatable bonds is 2. The third-order valence-electron chi connectivity index (χ3n) is 2.63. The fourth-order valence-electron chi connectivity index (χ4n) is 1.66. The van der Waals surface area contributed by atoms with E-state index in [0.29, 0.717) is 21.3 Å². The number of benzene rings is 1. The van der Waals surface area contributed by atoms with Gasteiger partial charge in [-0.25, -0.2) is 0 Å². The van der Waals surface area contributed by atoms with Crippen molar-refractivity contribution in [3.05, 3.63) is 33.1 Å². The number of likely N-dealkylation sites (N-methyl/N-ethyl adjacent to an activating group) is 1. The SMILES string of the molecule is CCN1C(=O)C(=Cc2cc(Br)ccc2O)S(=S)C1=S. The summed E-state index contributed by atoms with van der Waals surface area (Å²) >= 11 is 13.8. The van der Waals surface area contributed by atoms with Crippen molar-refractivity contribution in [2.45, 2.75) is 6.92 Å². The zero-order chi connectivity index (χ0) is 14.2. The Balaban J connectivity index is 2.49. The van der Waals surface area contributed by atoms with Gasteiger partial charge in [-0.3, -0.25) is 9.69 Å². The summed E-state index contributed by atoms with van der Waals surface area (Å²) in [6, 6.07) is 5.03. The number of carbonyl (C=O) groups excluding carboxylic acids is 1. The number of hydrogen-bond acceptors (Lipinski definition) is 4. The zero-order valence-electron chi connectivity index (χ0n) is 9.92. The number of nitrogens with zero attached hydrogens (tertiary/aromatic N) is 1. The molecule has 1 aromatic rings. The molecule has 1 unspecified atom stereocenters. The Morgan fingerprint density at radius 2 is 2.21 bits per heavy atom. The van der Waals surface area contributed by atoms with Gasteiger partial charge in [-0.15, -0.1) is 0 Å². The minimum Gasteiger partial charge on any atom is -0.507 e. The van der Waals surface area contributed by atoms with Crippen molar-refractivity contribution in [3.8, 4) is 5.75 Å². The number of phenols is 1. The summed E-state index contributed by atoms with van der Waals surface area (Å²) in [6.07, 6.45) is 1.63. The summed E-state index contributed by atoms with van der Waals surface area (Å²) in [5, 5.41) is 9.80. The summed E-state index contributed by atoms with van der Waals surface area (Å²) < 4.78 is 1.31. The second-order valence-electron chi connectivity index (χ2n) is 3.80. The number of aromatic hydroxyl groups is 1. The Morgan fingerprint density at radius 3 is 2.79 bits per heavy atom. The van der Waals surface area contributed by atoms with Crippen LogP contribution in [0.4, 0.5) is 0 Å². The van der Waals surface area contributed by atoms with Crippen molar-refractivity contribution in [2.24, 2.45) is 0 Å². The lowest BCUT2D eigenvalue weighted by Crippen LogP contribution is -2.28. The molecule has 2 rings (SSSR count). The predicted octanol–water partition coefficient (Wildman–Crippen LogP) is 2.72. The standard InChI is InChI=1S/C12H10BrNO2S3/c1-2-14-11(16)10(19(18)12(14)17)6-7-5-8(13)3-4-9(7)15/h3-6,15H,2H2,1H3. The molecule has 1 aliphatic rings. The Kier molecular flexibility index (Phi) is 4.50. The van der Waals surface area contributed by atoms with Crippen molar-refractivity contribution in [2.75, 3.05) is 6.54 Å². The first-order valence-electron chi connectivity index (χ1n) is 5.43. The molecule has 19 heavy (non-hydrogen) atoms. The van der Waals surface area contributed by atoms with E-state index in [2.05, 4.69) is 15.9 Å². The average molecular weight is 376 g/mol. The quantitative estimate of drug-likeness (QED) is 0.637. The smallest absolute Gasteiger partial charge is 0.266 e. The molecule has 1 amide bonds. The summed E-state index contributed by atoms with van der Waals surface area (Å²) in [7, 11) is -0.805. The van der Waals surface area contributed by atoms with Gasteiger partial charge in [0.25, 0.3) is 5.91 Å². The van der Waals surface area contributed by atoms with E-state index in [9.17, 15) is 9.90 Å². The Bertz CT molecular complexity index is 627. The lowest BCUT2D eigenvalue weighted by molar-refractivity contribution is -0.121. The molecule has 1 aromatic carbocycles. The topological polar surface area (TPSA) is 40.5 Å². The van der Waals surface area contributed by atoms with Crippen LogP contribution in [-0.4, -0.2) is 26.8 Å². The van der Waals surface area contributed by atoms with Crippen LogP contribution in [0.15, 0.2) is 27.6 Å². The van der Waals surface area contributed by atoms with Crippen LogP contribution in [0.5, 0.6) is 5.75 Å². The summed E-state index contributed by atoms with van der Waals surface area (Å²) in [4.78, 5) is 14.1. The minimum atomic E-state index is -0.805. The van der Waals surface area contributed by atoms with Gasteiger partial charge in [-0.05, 0) is 51.8 Å². The van der Waals surface area contributed by atoms with E-state index in [1.54, 1.807) is 24.3 Å². The van der Waals surface area contributed by atoms with Gasteiger partial charge in [-0.2, -0.15) is 0 Å². The molecule has 1 saturated heterocycles. The molecule has 1 aliphatic heterocycles. The molecule has 0 bridgehead atoms. The highest BCUT2D eigenvalue weighted by molar-refractivity contribution is 9.10. The van der Waals surface area contributed by atoms with Crippen LogP contribution >= 0.6 is 28.1 Å². The molecule has 1 atom stereocenters. The van der Waals surface area contributed by atoms with Crippen molar-refractivity contribution < 1.29 is 9.90 Å². The zero-order valence-corrected chi connectivity index (χ0v) is 14.0. The first kappa shape index (κ1) is 14.8. The third-order valence-corrected chi connectivity index (χ3v) is 6.40. The van der Waals surface area contributed by atoms with Gasteiger partial charge >= 0.3 is 0 Å². The maximum atomic E-state index is 12.2. The Morgan fingerprint density at radius 1 is 1.53 bits per heavy atom. The fraction of sp³-hybridized carbons (Fsp3) is 0.167. The van der Waals surface area contributed by atoms with Gasteiger partial charge in [0.05, 0.1) is 4.91 Å². The van der Waals surface area contributed by atoms with Gasteiger partial charge in [0.1, 0.15) is 5.75 Å². The number of hydrogen-bond donors (Lipinski definition) is 1. The summed E-state index contributed by atoms with van der Waals surface area (Å²) in [6.45, 7) is 2.37. The van der Waals surface area contributed by atoms with Crippen molar-refractivity contribution in [1.82, 2.24) is 4.90 Å². The molecule has 0 aromatic heterocycles. The lowest BCUT2D eigenvalue weighted by Gasteiger charge is -2.09. The van der Waals surface area contributed by atoms with E-state index < -0.39 is 9.45 Å². The van der Waals surface area contributed by atoms with Crippen LogP contribution < -0.4 is 0 Å². The summed E-state index contributed by atoms with van der Waals surface area (Å²) in [5.41, 5.74) is 0.556. The highest BCUT2D eigenvalue weighted by Crippen LogP contribution is 2.28. The largest absolute Gasteiger partial charge is 0.507 e. The third kappa shape index (κ3) is 2.79. The number of thiocarbonyl (C=S) groups is 1. The van der Waals surface area contributed by atoms with E-state index in [4.69, 9.17) is 23.4 Å². The first-order chi connectivity index (χ1) is 8.95. The fourth-order valence-corrected chi connectivity index (χ4v) is 4.25. The monoisotopic (exact) mass is 375 g/mol. The van der Waals surface area contributed by atoms with E-state index in [1.165, 1.54) is 4.90 Å². The van der Waals surface area contributed by atoms with Crippen LogP contribution in [0.3, 0.4) is 0 Å². The average Bonchev–Trinajstić information content (AvgIpc) is 2.57. The maximum absolute atomic E-state index is 12.2. The van der Waals surface area contributed by atoms with Crippen LogP contribution in [0, 0.1) is 0 Å². The van der Waals surface area contributed by atoms with E-state index in [0.717, 1.165) is 4.47 Å². The van der Waals surface area contributed by atoms with Crippen LogP contribution in [0.1, 0.15) is 12.5 Å². The molecular formula is C12H10BrNO2S3. The molecule has 1 fully saturated rings. The molecular weight excluding hydrogens is 366 g/mol. The number of carbonyl (C=O) groups is 1. The van der Waals surface area contributed by atoms with E-state index in [-0.39, 0.29) is 11.7 Å². The van der Waals surface area contributed by atoms with Crippen LogP contribution in [-0.2, 0) is 25.4 Å². The Labute approximate surface area is 132 Å².